The van der Waals surface area contributed by atoms with Gasteiger partial charge in [0, 0.05) is 6.07 Å². The number of carbonyl (C=O) groups excluding carboxylic acids is 3. The standard InChI is InChI=1S/C24H18N4O8/c1-2-36-21-10-6-5-9-19(21)25(14-26-22(29)16-7-3-4-8-17(16)23(26)30)24(31)18-12-11-15(27(32)33)13-20(18)28(34)35/h3-13H,2,14H2,1H3. The minimum atomic E-state index is -0.958. The molecule has 3 aromatic carbocycles. The number of hydrogen-bond donors (Lipinski definition) is 0. The van der Waals surface area contributed by atoms with Crippen LogP contribution in [0.5, 0.6) is 5.75 Å². The Morgan fingerprint density at radius 1 is 0.917 bits per heavy atom. The Kier molecular flexibility index (Phi) is 6.42. The third-order valence-electron chi connectivity index (χ3n) is 5.48. The fourth-order valence-electron chi connectivity index (χ4n) is 3.83. The lowest BCUT2D eigenvalue weighted by Crippen LogP contribution is -2.44. The van der Waals surface area contributed by atoms with Crippen LogP contribution in [-0.2, 0) is 0 Å². The molecule has 12 nitrogen and oxygen atoms in total. The summed E-state index contributed by atoms with van der Waals surface area (Å²) in [6, 6.07) is 15.1. The highest BCUT2D eigenvalue weighted by Crippen LogP contribution is 2.34. The Morgan fingerprint density at radius 3 is 2.11 bits per heavy atom. The van der Waals surface area contributed by atoms with Gasteiger partial charge in [-0.2, -0.15) is 0 Å². The molecule has 0 bridgehead atoms. The number of benzene rings is 3. The largest absolute Gasteiger partial charge is 0.492 e. The fourth-order valence-corrected chi connectivity index (χ4v) is 3.83. The first-order valence-corrected chi connectivity index (χ1v) is 10.7. The lowest BCUT2D eigenvalue weighted by Gasteiger charge is -2.28. The van der Waals surface area contributed by atoms with Gasteiger partial charge in [0.2, 0.25) is 0 Å². The summed E-state index contributed by atoms with van der Waals surface area (Å²) < 4.78 is 5.61. The van der Waals surface area contributed by atoms with E-state index in [4.69, 9.17) is 4.74 Å². The van der Waals surface area contributed by atoms with Crippen LogP contribution in [0, 0.1) is 20.2 Å². The third-order valence-corrected chi connectivity index (χ3v) is 5.48. The summed E-state index contributed by atoms with van der Waals surface area (Å²) in [5.74, 6) is -2.00. The first-order chi connectivity index (χ1) is 17.2. The smallest absolute Gasteiger partial charge is 0.289 e. The number of nitro groups is 2. The monoisotopic (exact) mass is 490 g/mol. The summed E-state index contributed by atoms with van der Waals surface area (Å²) in [5.41, 5.74) is -1.36. The molecule has 0 spiro atoms. The Labute approximate surface area is 203 Å². The summed E-state index contributed by atoms with van der Waals surface area (Å²) in [6.07, 6.45) is 0. The average molecular weight is 490 g/mol. The molecule has 0 aromatic heterocycles. The van der Waals surface area contributed by atoms with Gasteiger partial charge in [-0.15, -0.1) is 0 Å². The van der Waals surface area contributed by atoms with Gasteiger partial charge in [-0.1, -0.05) is 24.3 Å². The van der Waals surface area contributed by atoms with Crippen molar-refractivity contribution >= 4 is 34.8 Å². The first-order valence-electron chi connectivity index (χ1n) is 10.7. The molecular formula is C24H18N4O8. The van der Waals surface area contributed by atoms with E-state index in [1.807, 2.05) is 0 Å². The lowest BCUT2D eigenvalue weighted by atomic mass is 10.1. The van der Waals surface area contributed by atoms with E-state index in [0.717, 1.165) is 21.9 Å². The van der Waals surface area contributed by atoms with Gasteiger partial charge >= 0.3 is 0 Å². The number of hydrogen-bond acceptors (Lipinski definition) is 8. The summed E-state index contributed by atoms with van der Waals surface area (Å²) in [4.78, 5) is 62.7. The second-order valence-corrected chi connectivity index (χ2v) is 7.57. The zero-order valence-corrected chi connectivity index (χ0v) is 18.8. The van der Waals surface area contributed by atoms with Gasteiger partial charge in [0.25, 0.3) is 29.1 Å². The maximum absolute atomic E-state index is 13.7. The highest BCUT2D eigenvalue weighted by molar-refractivity contribution is 6.22. The molecule has 0 aliphatic carbocycles. The van der Waals surface area contributed by atoms with E-state index in [1.54, 1.807) is 37.3 Å². The van der Waals surface area contributed by atoms with E-state index in [-0.39, 0.29) is 29.2 Å². The molecular weight excluding hydrogens is 472 g/mol. The molecule has 0 radical (unpaired) electrons. The maximum atomic E-state index is 13.7. The molecule has 1 aliphatic rings. The molecule has 0 saturated carbocycles. The molecule has 0 saturated heterocycles. The van der Waals surface area contributed by atoms with Gasteiger partial charge in [-0.05, 0) is 37.3 Å². The number of anilines is 1. The molecule has 3 amide bonds. The zero-order chi connectivity index (χ0) is 26.0. The van der Waals surface area contributed by atoms with E-state index in [0.29, 0.717) is 6.07 Å². The first kappa shape index (κ1) is 24.0. The van der Waals surface area contributed by atoms with Crippen LogP contribution in [0.25, 0.3) is 0 Å². The van der Waals surface area contributed by atoms with Gasteiger partial charge in [-0.3, -0.25) is 44.4 Å². The van der Waals surface area contributed by atoms with Crippen LogP contribution in [-0.4, -0.2) is 45.7 Å². The van der Waals surface area contributed by atoms with Crippen LogP contribution in [0.3, 0.4) is 0 Å². The number of carbonyl (C=O) groups is 3. The predicted octanol–water partition coefficient (Wildman–Crippen LogP) is 3.80. The van der Waals surface area contributed by atoms with Crippen molar-refractivity contribution in [2.75, 3.05) is 18.2 Å². The predicted molar refractivity (Wildman–Crippen MR) is 126 cm³/mol. The molecule has 36 heavy (non-hydrogen) atoms. The van der Waals surface area contributed by atoms with Crippen molar-refractivity contribution in [2.45, 2.75) is 6.92 Å². The summed E-state index contributed by atoms with van der Waals surface area (Å²) in [7, 11) is 0. The number of imide groups is 1. The third kappa shape index (κ3) is 4.22. The Bertz CT molecular complexity index is 1390. The van der Waals surface area contributed by atoms with Crippen molar-refractivity contribution in [3.05, 3.63) is 104 Å². The van der Waals surface area contributed by atoms with E-state index in [1.165, 1.54) is 18.2 Å². The van der Waals surface area contributed by atoms with Crippen molar-refractivity contribution in [1.82, 2.24) is 4.90 Å². The second-order valence-electron chi connectivity index (χ2n) is 7.57. The summed E-state index contributed by atoms with van der Waals surface area (Å²) in [5, 5.41) is 22.8. The zero-order valence-electron chi connectivity index (χ0n) is 18.8. The van der Waals surface area contributed by atoms with Crippen LogP contribution in [0.1, 0.15) is 38.0 Å². The molecule has 4 rings (SSSR count). The van der Waals surface area contributed by atoms with Crippen LogP contribution >= 0.6 is 0 Å². The molecule has 1 heterocycles. The molecule has 1 aliphatic heterocycles. The highest BCUT2D eigenvalue weighted by atomic mass is 16.6. The number of fused-ring (bicyclic) bond motifs is 1. The van der Waals surface area contributed by atoms with Gasteiger partial charge in [0.15, 0.2) is 0 Å². The van der Waals surface area contributed by atoms with Gasteiger partial charge in [-0.25, -0.2) is 0 Å². The van der Waals surface area contributed by atoms with Crippen molar-refractivity contribution in [1.29, 1.82) is 0 Å². The van der Waals surface area contributed by atoms with E-state index in [2.05, 4.69) is 0 Å². The van der Waals surface area contributed by atoms with Crippen LogP contribution in [0.2, 0.25) is 0 Å². The van der Waals surface area contributed by atoms with Crippen LogP contribution < -0.4 is 9.64 Å². The fraction of sp³-hybridized carbons (Fsp3) is 0.125. The van der Waals surface area contributed by atoms with E-state index < -0.39 is 51.2 Å². The summed E-state index contributed by atoms with van der Waals surface area (Å²) >= 11 is 0. The van der Waals surface area contributed by atoms with Gasteiger partial charge < -0.3 is 4.74 Å². The van der Waals surface area contributed by atoms with Crippen molar-refractivity contribution in [3.8, 4) is 5.75 Å². The molecule has 3 aromatic rings. The van der Waals surface area contributed by atoms with E-state index >= 15 is 0 Å². The maximum Gasteiger partial charge on any atom is 0.289 e. The van der Waals surface area contributed by atoms with Crippen LogP contribution in [0.4, 0.5) is 17.1 Å². The number of para-hydroxylation sites is 2. The number of non-ortho nitro benzene ring substituents is 1. The number of nitro benzene ring substituents is 2. The summed E-state index contributed by atoms with van der Waals surface area (Å²) in [6.45, 7) is 1.36. The molecule has 182 valence electrons. The number of nitrogens with zero attached hydrogens (tertiary/aromatic N) is 4. The second kappa shape index (κ2) is 9.62. The van der Waals surface area contributed by atoms with Crippen molar-refractivity contribution in [3.63, 3.8) is 0 Å². The molecule has 0 unspecified atom stereocenters. The topological polar surface area (TPSA) is 153 Å². The van der Waals surface area contributed by atoms with Crippen LogP contribution in [0.15, 0.2) is 66.7 Å². The molecule has 0 fully saturated rings. The van der Waals surface area contributed by atoms with Crippen molar-refractivity contribution in [2.24, 2.45) is 0 Å². The average Bonchev–Trinajstić information content (AvgIpc) is 3.11. The van der Waals surface area contributed by atoms with E-state index in [9.17, 15) is 34.6 Å². The number of amides is 3. The van der Waals surface area contributed by atoms with Gasteiger partial charge in [0.1, 0.15) is 18.0 Å². The molecule has 12 heteroatoms. The molecule has 0 atom stereocenters. The Morgan fingerprint density at radius 2 is 1.53 bits per heavy atom. The normalized spacial score (nSPS) is 12.3. The highest BCUT2D eigenvalue weighted by Gasteiger charge is 2.39. The minimum absolute atomic E-state index is 0.147. The Balaban J connectivity index is 1.83. The van der Waals surface area contributed by atoms with Gasteiger partial charge in [0.05, 0.1) is 39.3 Å². The number of rotatable bonds is 8. The molecule has 0 N–H and O–H groups in total. The SMILES string of the molecule is CCOc1ccccc1N(CN1C(=O)c2ccccc2C1=O)C(=O)c1ccc([N+](=O)[O-])cc1[N+](=O)[O-]. The number of ether oxygens (including phenoxy) is 1. The Hall–Kier alpha value is -5.13. The quantitative estimate of drug-likeness (QED) is 0.262. The van der Waals surface area contributed by atoms with Crippen molar-refractivity contribution < 1.29 is 29.0 Å². The minimum Gasteiger partial charge on any atom is -0.492 e. The lowest BCUT2D eigenvalue weighted by molar-refractivity contribution is -0.394.